The van der Waals surface area contributed by atoms with E-state index in [0.29, 0.717) is 18.3 Å². The van der Waals surface area contributed by atoms with Crippen molar-refractivity contribution in [2.45, 2.75) is 25.5 Å². The van der Waals surface area contributed by atoms with Crippen LogP contribution in [0.25, 0.3) is 0 Å². The van der Waals surface area contributed by atoms with Crippen LogP contribution in [0.3, 0.4) is 0 Å². The van der Waals surface area contributed by atoms with Crippen LogP contribution in [0.15, 0.2) is 29.4 Å². The molecule has 6 nitrogen and oxygen atoms in total. The van der Waals surface area contributed by atoms with E-state index in [4.69, 9.17) is 4.74 Å². The number of carbonyl (C=O) groups is 1. The summed E-state index contributed by atoms with van der Waals surface area (Å²) < 4.78 is 6.78. The number of esters is 1. The molecule has 7 heteroatoms. The number of anilines is 1. The van der Waals surface area contributed by atoms with Crippen LogP contribution in [0, 0.1) is 6.92 Å². The molecule has 1 heterocycles. The molecule has 0 saturated heterocycles. The quantitative estimate of drug-likeness (QED) is 0.624. The molecule has 2 rings (SSSR count). The number of nitrogens with one attached hydrogen (secondary N) is 1. The number of aromatic nitrogens is 3. The third-order valence-electron chi connectivity index (χ3n) is 3.05. The average Bonchev–Trinajstić information content (AvgIpc) is 2.85. The zero-order valence-electron chi connectivity index (χ0n) is 13.0. The molecule has 0 bridgehead atoms. The molecule has 0 amide bonds. The lowest BCUT2D eigenvalue weighted by Gasteiger charge is -2.07. The Morgan fingerprint density at radius 1 is 1.32 bits per heavy atom. The zero-order valence-corrected chi connectivity index (χ0v) is 13.8. The number of nitrogens with zero attached hydrogens (tertiary/aromatic N) is 3. The van der Waals surface area contributed by atoms with Crippen molar-refractivity contribution < 1.29 is 9.53 Å². The SMILES string of the molecule is CCOC(=O)CSc1nnc(CNc2ccc(C)cc2)n1C. The molecule has 118 valence electrons. The lowest BCUT2D eigenvalue weighted by molar-refractivity contribution is -0.139. The normalized spacial score (nSPS) is 10.5. The summed E-state index contributed by atoms with van der Waals surface area (Å²) in [7, 11) is 1.89. The minimum absolute atomic E-state index is 0.241. The molecule has 0 unspecified atom stereocenters. The van der Waals surface area contributed by atoms with Crippen molar-refractivity contribution in [3.8, 4) is 0 Å². The first kappa shape index (κ1) is 16.4. The number of aryl methyl sites for hydroxylation is 1. The van der Waals surface area contributed by atoms with Crippen molar-refractivity contribution in [1.82, 2.24) is 14.8 Å². The highest BCUT2D eigenvalue weighted by Crippen LogP contribution is 2.16. The van der Waals surface area contributed by atoms with E-state index < -0.39 is 0 Å². The van der Waals surface area contributed by atoms with Gasteiger partial charge in [-0.25, -0.2) is 0 Å². The summed E-state index contributed by atoms with van der Waals surface area (Å²) in [6.07, 6.45) is 0. The molecular formula is C15H20N4O2S. The first-order chi connectivity index (χ1) is 10.6. The molecule has 2 aromatic rings. The molecule has 0 fully saturated rings. The van der Waals surface area contributed by atoms with Crippen molar-refractivity contribution in [3.63, 3.8) is 0 Å². The number of rotatable bonds is 7. The van der Waals surface area contributed by atoms with Crippen LogP contribution < -0.4 is 5.32 Å². The van der Waals surface area contributed by atoms with Gasteiger partial charge in [-0.2, -0.15) is 0 Å². The van der Waals surface area contributed by atoms with Crippen LogP contribution >= 0.6 is 11.8 Å². The molecule has 0 aliphatic rings. The lowest BCUT2D eigenvalue weighted by Crippen LogP contribution is -2.09. The Labute approximate surface area is 134 Å². The van der Waals surface area contributed by atoms with Crippen molar-refractivity contribution in [1.29, 1.82) is 0 Å². The van der Waals surface area contributed by atoms with Crippen LogP contribution in [0.4, 0.5) is 5.69 Å². The van der Waals surface area contributed by atoms with Crippen molar-refractivity contribution in [2.75, 3.05) is 17.7 Å². The molecule has 0 spiro atoms. The first-order valence-electron chi connectivity index (χ1n) is 7.07. The van der Waals surface area contributed by atoms with Gasteiger partial charge < -0.3 is 14.6 Å². The van der Waals surface area contributed by atoms with Gasteiger partial charge in [0, 0.05) is 12.7 Å². The monoisotopic (exact) mass is 320 g/mol. The van der Waals surface area contributed by atoms with E-state index in [-0.39, 0.29) is 11.7 Å². The van der Waals surface area contributed by atoms with E-state index in [0.717, 1.165) is 11.5 Å². The Hall–Kier alpha value is -2.02. The highest BCUT2D eigenvalue weighted by atomic mass is 32.2. The topological polar surface area (TPSA) is 69.0 Å². The van der Waals surface area contributed by atoms with Crippen molar-refractivity contribution >= 4 is 23.4 Å². The van der Waals surface area contributed by atoms with Crippen molar-refractivity contribution in [2.24, 2.45) is 7.05 Å². The van der Waals surface area contributed by atoms with Gasteiger partial charge >= 0.3 is 5.97 Å². The minimum atomic E-state index is -0.241. The first-order valence-corrected chi connectivity index (χ1v) is 8.06. The van der Waals surface area contributed by atoms with E-state index in [2.05, 4.69) is 34.6 Å². The van der Waals surface area contributed by atoms with Gasteiger partial charge in [-0.1, -0.05) is 29.5 Å². The number of carbonyl (C=O) groups excluding carboxylic acids is 1. The van der Waals surface area contributed by atoms with E-state index in [9.17, 15) is 4.79 Å². The standard InChI is InChI=1S/C15H20N4O2S/c1-4-21-14(20)10-22-15-18-17-13(19(15)3)9-16-12-7-5-11(2)6-8-12/h5-8,16H,4,9-10H2,1-3H3. The van der Waals surface area contributed by atoms with Crippen LogP contribution in [-0.4, -0.2) is 33.1 Å². The van der Waals surface area contributed by atoms with Gasteiger partial charge in [0.15, 0.2) is 11.0 Å². The van der Waals surface area contributed by atoms with Gasteiger partial charge in [-0.15, -0.1) is 10.2 Å². The summed E-state index contributed by atoms with van der Waals surface area (Å²) in [4.78, 5) is 11.4. The Balaban J connectivity index is 1.90. The molecule has 22 heavy (non-hydrogen) atoms. The Kier molecular flexibility index (Phi) is 5.83. The van der Waals surface area contributed by atoms with Gasteiger partial charge in [0.05, 0.1) is 18.9 Å². The number of thioether (sulfide) groups is 1. The predicted octanol–water partition coefficient (Wildman–Crippen LogP) is 2.39. The lowest BCUT2D eigenvalue weighted by atomic mass is 10.2. The Bertz CT molecular complexity index is 625. The predicted molar refractivity (Wildman–Crippen MR) is 86.9 cm³/mol. The minimum Gasteiger partial charge on any atom is -0.465 e. The van der Waals surface area contributed by atoms with E-state index in [1.54, 1.807) is 6.92 Å². The summed E-state index contributed by atoms with van der Waals surface area (Å²) in [6.45, 7) is 4.82. The highest BCUT2D eigenvalue weighted by Gasteiger charge is 2.11. The third-order valence-corrected chi connectivity index (χ3v) is 4.05. The second-order valence-electron chi connectivity index (χ2n) is 4.77. The fourth-order valence-electron chi connectivity index (χ4n) is 1.80. The van der Waals surface area contributed by atoms with Crippen LogP contribution in [0.5, 0.6) is 0 Å². The van der Waals surface area contributed by atoms with Crippen LogP contribution in [0.2, 0.25) is 0 Å². The molecule has 0 aliphatic heterocycles. The molecule has 0 atom stereocenters. The fourth-order valence-corrected chi connectivity index (χ4v) is 2.53. The number of benzene rings is 1. The molecule has 1 N–H and O–H groups in total. The number of ether oxygens (including phenoxy) is 1. The van der Waals surface area contributed by atoms with Crippen LogP contribution in [0.1, 0.15) is 18.3 Å². The molecule has 0 aliphatic carbocycles. The highest BCUT2D eigenvalue weighted by molar-refractivity contribution is 7.99. The summed E-state index contributed by atoms with van der Waals surface area (Å²) in [5.74, 6) is 0.812. The summed E-state index contributed by atoms with van der Waals surface area (Å²) in [5, 5.41) is 12.3. The molecule has 1 aromatic heterocycles. The van der Waals surface area contributed by atoms with Gasteiger partial charge in [0.25, 0.3) is 0 Å². The number of hydrogen-bond donors (Lipinski definition) is 1. The second kappa shape index (κ2) is 7.84. The summed E-state index contributed by atoms with van der Waals surface area (Å²) in [5.41, 5.74) is 2.26. The van der Waals surface area contributed by atoms with Gasteiger partial charge in [-0.3, -0.25) is 4.79 Å². The maximum atomic E-state index is 11.4. The van der Waals surface area contributed by atoms with Crippen LogP contribution in [-0.2, 0) is 23.1 Å². The largest absolute Gasteiger partial charge is 0.465 e. The van der Waals surface area contributed by atoms with Gasteiger partial charge in [-0.05, 0) is 26.0 Å². The summed E-state index contributed by atoms with van der Waals surface area (Å²) in [6, 6.07) is 8.17. The molecule has 0 saturated carbocycles. The average molecular weight is 320 g/mol. The smallest absolute Gasteiger partial charge is 0.316 e. The van der Waals surface area contributed by atoms with E-state index >= 15 is 0 Å². The molecule has 0 radical (unpaired) electrons. The summed E-state index contributed by atoms with van der Waals surface area (Å²) >= 11 is 1.33. The molecular weight excluding hydrogens is 300 g/mol. The van der Waals surface area contributed by atoms with E-state index in [1.165, 1.54) is 17.3 Å². The molecule has 1 aromatic carbocycles. The van der Waals surface area contributed by atoms with Gasteiger partial charge in [0.2, 0.25) is 0 Å². The maximum absolute atomic E-state index is 11.4. The Morgan fingerprint density at radius 3 is 2.73 bits per heavy atom. The maximum Gasteiger partial charge on any atom is 0.316 e. The zero-order chi connectivity index (χ0) is 15.9. The van der Waals surface area contributed by atoms with E-state index in [1.807, 2.05) is 23.7 Å². The third kappa shape index (κ3) is 4.49. The van der Waals surface area contributed by atoms with Gasteiger partial charge in [0.1, 0.15) is 0 Å². The van der Waals surface area contributed by atoms with Crippen molar-refractivity contribution in [3.05, 3.63) is 35.7 Å². The Morgan fingerprint density at radius 2 is 2.05 bits per heavy atom. The number of hydrogen-bond acceptors (Lipinski definition) is 6. The second-order valence-corrected chi connectivity index (χ2v) is 5.71. The fraction of sp³-hybridized carbons (Fsp3) is 0.400.